The maximum atomic E-state index is 4.72. The van der Waals surface area contributed by atoms with E-state index in [1.54, 1.807) is 13.8 Å². The van der Waals surface area contributed by atoms with Gasteiger partial charge in [0.1, 0.15) is 0 Å². The fourth-order valence-electron chi connectivity index (χ4n) is 0.144. The van der Waals surface area contributed by atoms with Gasteiger partial charge in [-0.1, -0.05) is 11.5 Å². The zero-order chi connectivity index (χ0) is 8.24. The summed E-state index contributed by atoms with van der Waals surface area (Å²) < 4.78 is 0. The molecule has 0 N–H and O–H groups in total. The summed E-state index contributed by atoms with van der Waals surface area (Å²) in [6.07, 6.45) is 5.06. The molecule has 0 amide bonds. The first kappa shape index (κ1) is 16.5. The van der Waals surface area contributed by atoms with Crippen molar-refractivity contribution in [1.29, 1.82) is 0 Å². The van der Waals surface area contributed by atoms with Gasteiger partial charge in [-0.05, 0) is 11.5 Å². The first-order chi connectivity index (χ1) is 4.83. The van der Waals surface area contributed by atoms with Crippen LogP contribution in [0.2, 0.25) is 0 Å². The Kier molecular flexibility index (Phi) is 34.6. The third-order valence-electron chi connectivity index (χ3n) is 0.394. The molecule has 0 saturated carbocycles. The van der Waals surface area contributed by atoms with Crippen molar-refractivity contribution in [2.75, 3.05) is 0 Å². The monoisotopic (exact) mass is 184 g/mol. The van der Waals surface area contributed by atoms with Crippen LogP contribution in [-0.4, -0.2) is 0 Å². The van der Waals surface area contributed by atoms with E-state index in [0.717, 1.165) is 0 Å². The van der Waals surface area contributed by atoms with E-state index in [9.17, 15) is 0 Å². The van der Waals surface area contributed by atoms with Crippen molar-refractivity contribution in [2.24, 2.45) is 0 Å². The van der Waals surface area contributed by atoms with E-state index < -0.39 is 0 Å². The van der Waals surface area contributed by atoms with Crippen LogP contribution >= 0.6 is 0 Å². The molecule has 11 heavy (non-hydrogen) atoms. The molecular formula is C10H8Fe+4. The van der Waals surface area contributed by atoms with Gasteiger partial charge in [-0.2, -0.15) is 0 Å². The Bertz CT molecular complexity index is 187. The van der Waals surface area contributed by atoms with E-state index in [1.165, 1.54) is 0 Å². The van der Waals surface area contributed by atoms with Crippen molar-refractivity contribution in [3.8, 4) is 0 Å². The zero-order valence-corrected chi connectivity index (χ0v) is 7.61. The molecule has 0 nitrogen and oxygen atoms in total. The number of allylic oxidation sites excluding steroid dienone is 2. The maximum absolute atomic E-state index is 4.72. The topological polar surface area (TPSA) is 0 Å². The average Bonchev–Trinajstić information content (AvgIpc) is 1.93. The normalized spacial score (nSPS) is 3.09. The summed E-state index contributed by atoms with van der Waals surface area (Å²) in [4.78, 5) is 0. The third kappa shape index (κ3) is 49.8. The summed E-state index contributed by atoms with van der Waals surface area (Å²) in [7, 11) is 0. The minimum absolute atomic E-state index is 0. The van der Waals surface area contributed by atoms with Gasteiger partial charge in [0.2, 0.25) is 0 Å². The van der Waals surface area contributed by atoms with Gasteiger partial charge in [0.05, 0.1) is 13.8 Å². The molecule has 0 atom stereocenters. The predicted octanol–water partition coefficient (Wildman–Crippen LogP) is 2.22. The first-order valence-corrected chi connectivity index (χ1v) is 2.58. The van der Waals surface area contributed by atoms with Crippen LogP contribution in [0.25, 0.3) is 0 Å². The van der Waals surface area contributed by atoms with Crippen molar-refractivity contribution in [3.05, 3.63) is 48.2 Å². The van der Waals surface area contributed by atoms with Gasteiger partial charge in [-0.25, -0.2) is 0 Å². The molecule has 0 aliphatic carbocycles. The minimum atomic E-state index is 0. The van der Waals surface area contributed by atoms with Gasteiger partial charge in [-0.3, -0.25) is 0 Å². The Morgan fingerprint density at radius 2 is 1.18 bits per heavy atom. The van der Waals surface area contributed by atoms with Crippen LogP contribution < -0.4 is 0 Å². The summed E-state index contributed by atoms with van der Waals surface area (Å²) in [5, 5.41) is 0. The summed E-state index contributed by atoms with van der Waals surface area (Å²) in [5.74, 6) is 0. The molecule has 1 heteroatoms. The van der Waals surface area contributed by atoms with Crippen molar-refractivity contribution in [3.63, 3.8) is 0 Å². The number of hydrogen-bond acceptors (Lipinski definition) is 0. The van der Waals surface area contributed by atoms with Crippen molar-refractivity contribution >= 4 is 0 Å². The molecule has 0 unspecified atom stereocenters. The van der Waals surface area contributed by atoms with E-state index in [4.69, 9.17) is 13.2 Å². The maximum Gasteiger partial charge on any atom is 4.00 e. The third-order valence-corrected chi connectivity index (χ3v) is 0.394. The van der Waals surface area contributed by atoms with E-state index in [1.807, 2.05) is 0 Å². The molecule has 0 aromatic rings. The number of hydrogen-bond donors (Lipinski definition) is 0. The molecule has 0 heterocycles. The number of rotatable bonds is 0. The van der Waals surface area contributed by atoms with Gasteiger partial charge in [0.25, 0.3) is 0 Å². The fourth-order valence-corrected chi connectivity index (χ4v) is 0.144. The molecule has 0 rings (SSSR count). The fraction of sp³-hybridized carbons (Fsp3) is 0.200. The van der Waals surface area contributed by atoms with Crippen LogP contribution in [-0.2, 0) is 17.1 Å². The van der Waals surface area contributed by atoms with Crippen LogP contribution in [0.1, 0.15) is 13.8 Å². The average molecular weight is 184 g/mol. The Labute approximate surface area is 79.5 Å². The molecule has 52 valence electrons. The summed E-state index contributed by atoms with van der Waals surface area (Å²) in [5.41, 5.74) is 9.09. The Morgan fingerprint density at radius 1 is 0.909 bits per heavy atom. The molecule has 0 spiro atoms. The summed E-state index contributed by atoms with van der Waals surface area (Å²) in [6, 6.07) is 0. The summed E-state index contributed by atoms with van der Waals surface area (Å²) in [6.45, 7) is 12.8. The molecule has 0 radical (unpaired) electrons. The van der Waals surface area contributed by atoms with Gasteiger partial charge < -0.3 is 0 Å². The van der Waals surface area contributed by atoms with Crippen molar-refractivity contribution in [2.45, 2.75) is 13.8 Å². The predicted molar refractivity (Wildman–Crippen MR) is 40.5 cm³/mol. The van der Waals surface area contributed by atoms with Gasteiger partial charge in [-0.15, -0.1) is 13.2 Å². The van der Waals surface area contributed by atoms with Crippen LogP contribution in [0.3, 0.4) is 0 Å². The second-order valence-corrected chi connectivity index (χ2v) is 1.04. The Hall–Kier alpha value is -1.06. The molecule has 0 saturated heterocycles. The molecule has 0 aromatic carbocycles. The van der Waals surface area contributed by atoms with Gasteiger partial charge in [0, 0.05) is 12.2 Å². The second-order valence-electron chi connectivity index (χ2n) is 1.04. The van der Waals surface area contributed by atoms with Gasteiger partial charge in [0.15, 0.2) is 0 Å². The molecule has 0 bridgehead atoms. The SMILES string of the molecule is [CH-]=C=C=[C+]C.[CH-]=C=C=[C+]C.[Fe+4]. The first-order valence-electron chi connectivity index (χ1n) is 2.58. The van der Waals surface area contributed by atoms with Crippen LogP contribution in [0.15, 0.2) is 22.9 Å². The molecule has 0 fully saturated rings. The van der Waals surface area contributed by atoms with Crippen LogP contribution in [0.4, 0.5) is 0 Å². The molecular weight excluding hydrogens is 176 g/mol. The van der Waals surface area contributed by atoms with Crippen LogP contribution in [0, 0.1) is 25.3 Å². The Morgan fingerprint density at radius 3 is 1.18 bits per heavy atom. The minimum Gasteiger partial charge on any atom is -0.110 e. The zero-order valence-electron chi connectivity index (χ0n) is 6.51. The molecule has 0 aromatic heterocycles. The van der Waals surface area contributed by atoms with Crippen LogP contribution in [0.5, 0.6) is 0 Å². The van der Waals surface area contributed by atoms with E-state index >= 15 is 0 Å². The van der Waals surface area contributed by atoms with Crippen molar-refractivity contribution in [1.82, 2.24) is 0 Å². The Balaban J connectivity index is -0.000000107. The quantitative estimate of drug-likeness (QED) is 0.307. The summed E-state index contributed by atoms with van der Waals surface area (Å²) >= 11 is 0. The van der Waals surface area contributed by atoms with Crippen molar-refractivity contribution < 1.29 is 17.1 Å². The van der Waals surface area contributed by atoms with E-state index in [-0.39, 0.29) is 17.1 Å². The molecule has 0 aliphatic heterocycles. The molecule has 0 aliphatic rings. The standard InChI is InChI=1S/2C5H4.Fe/c2*1-3-5-4-2;/h2*1H,2H3;/q;;+4. The van der Waals surface area contributed by atoms with E-state index in [2.05, 4.69) is 35.1 Å². The largest absolute Gasteiger partial charge is 4.00 e. The van der Waals surface area contributed by atoms with Gasteiger partial charge >= 0.3 is 17.1 Å². The second kappa shape index (κ2) is 23.1. The smallest absolute Gasteiger partial charge is 0.110 e. The van der Waals surface area contributed by atoms with E-state index in [0.29, 0.717) is 0 Å².